The molecule has 1 aliphatic rings. The highest BCUT2D eigenvalue weighted by molar-refractivity contribution is 5.98. The lowest BCUT2D eigenvalue weighted by Crippen LogP contribution is -2.23. The van der Waals surface area contributed by atoms with Crippen molar-refractivity contribution in [1.29, 1.82) is 0 Å². The second-order valence-corrected chi connectivity index (χ2v) is 4.93. The summed E-state index contributed by atoms with van der Waals surface area (Å²) in [5, 5.41) is 0. The van der Waals surface area contributed by atoms with Crippen LogP contribution in [0.15, 0.2) is 24.3 Å². The number of carbonyl (C=O) groups is 1. The number of Topliss-reactive ketones (excluding diaryl/α,β-unsaturated/α-hetero) is 1. The number of benzene rings is 1. The highest BCUT2D eigenvalue weighted by atomic mass is 16.5. The third kappa shape index (κ3) is 3.33. The molecule has 98 valence electrons. The van der Waals surface area contributed by atoms with Gasteiger partial charge >= 0.3 is 0 Å². The molecule has 0 aromatic heterocycles. The maximum absolute atomic E-state index is 12.3. The summed E-state index contributed by atoms with van der Waals surface area (Å²) in [6.07, 6.45) is 4.43. The molecule has 2 rings (SSSR count). The number of rotatable bonds is 7. The highest BCUT2D eigenvalue weighted by Gasteiger charge is 2.24. The van der Waals surface area contributed by atoms with E-state index in [1.54, 1.807) is 0 Å². The summed E-state index contributed by atoms with van der Waals surface area (Å²) in [7, 11) is 0. The van der Waals surface area contributed by atoms with Crippen LogP contribution in [0.25, 0.3) is 0 Å². The first-order chi connectivity index (χ1) is 8.74. The number of ether oxygens (including phenoxy) is 1. The van der Waals surface area contributed by atoms with Gasteiger partial charge in [0.25, 0.3) is 0 Å². The van der Waals surface area contributed by atoms with Gasteiger partial charge in [-0.3, -0.25) is 4.79 Å². The molecule has 0 spiro atoms. The minimum atomic E-state index is -0.0637. The van der Waals surface area contributed by atoms with Crippen molar-refractivity contribution in [3.05, 3.63) is 29.8 Å². The third-order valence-corrected chi connectivity index (χ3v) is 3.24. The Balaban J connectivity index is 2.08. The van der Waals surface area contributed by atoms with Crippen LogP contribution >= 0.6 is 0 Å². The molecular formula is C15H21NO2. The average Bonchev–Trinajstić information content (AvgIpc) is 3.19. The van der Waals surface area contributed by atoms with Crippen molar-refractivity contribution < 1.29 is 9.53 Å². The van der Waals surface area contributed by atoms with Gasteiger partial charge in [-0.2, -0.15) is 0 Å². The lowest BCUT2D eigenvalue weighted by atomic mass is 9.93. The van der Waals surface area contributed by atoms with Crippen molar-refractivity contribution in [3.8, 4) is 5.75 Å². The van der Waals surface area contributed by atoms with Gasteiger partial charge in [0.1, 0.15) is 5.75 Å². The Morgan fingerprint density at radius 3 is 2.89 bits per heavy atom. The average molecular weight is 247 g/mol. The predicted octanol–water partition coefficient (Wildman–Crippen LogP) is 2.79. The minimum absolute atomic E-state index is 0.0637. The number of hydrogen-bond donors (Lipinski definition) is 1. The summed E-state index contributed by atoms with van der Waals surface area (Å²) >= 11 is 0. The van der Waals surface area contributed by atoms with E-state index in [1.165, 1.54) is 0 Å². The van der Waals surface area contributed by atoms with E-state index in [2.05, 4.69) is 6.92 Å². The van der Waals surface area contributed by atoms with Crippen LogP contribution in [0.5, 0.6) is 5.75 Å². The fourth-order valence-electron chi connectivity index (χ4n) is 2.04. The summed E-state index contributed by atoms with van der Waals surface area (Å²) < 4.78 is 5.71. The van der Waals surface area contributed by atoms with Gasteiger partial charge in [0, 0.05) is 18.0 Å². The molecule has 0 saturated heterocycles. The van der Waals surface area contributed by atoms with Gasteiger partial charge in [-0.25, -0.2) is 0 Å². The van der Waals surface area contributed by atoms with E-state index in [0.29, 0.717) is 12.6 Å². The van der Waals surface area contributed by atoms with E-state index >= 15 is 0 Å². The number of carbonyl (C=O) groups excluding carboxylic acids is 1. The molecule has 3 heteroatoms. The zero-order valence-electron chi connectivity index (χ0n) is 10.9. The zero-order valence-corrected chi connectivity index (χ0v) is 10.9. The summed E-state index contributed by atoms with van der Waals surface area (Å²) in [5.41, 5.74) is 6.39. The molecule has 1 saturated carbocycles. The quantitative estimate of drug-likeness (QED) is 0.754. The van der Waals surface area contributed by atoms with Crippen molar-refractivity contribution in [2.24, 2.45) is 11.7 Å². The van der Waals surface area contributed by atoms with E-state index in [0.717, 1.165) is 37.0 Å². The summed E-state index contributed by atoms with van der Waals surface area (Å²) in [4.78, 5) is 12.3. The first-order valence-corrected chi connectivity index (χ1v) is 6.75. The van der Waals surface area contributed by atoms with Crippen molar-refractivity contribution in [2.45, 2.75) is 38.7 Å². The molecule has 1 atom stereocenters. The van der Waals surface area contributed by atoms with Crippen LogP contribution in [0.3, 0.4) is 0 Å². The maximum Gasteiger partial charge on any atom is 0.167 e. The fourth-order valence-corrected chi connectivity index (χ4v) is 2.04. The molecule has 1 aromatic rings. The molecule has 1 aromatic carbocycles. The second-order valence-electron chi connectivity index (χ2n) is 4.93. The summed E-state index contributed by atoms with van der Waals surface area (Å²) in [6.45, 7) is 2.49. The lowest BCUT2D eigenvalue weighted by molar-refractivity contribution is 0.0917. The van der Waals surface area contributed by atoms with Crippen LogP contribution in [-0.2, 0) is 0 Å². The summed E-state index contributed by atoms with van der Waals surface area (Å²) in [5.74, 6) is 0.877. The molecule has 0 aliphatic heterocycles. The van der Waals surface area contributed by atoms with Crippen LogP contribution in [0, 0.1) is 5.92 Å². The molecule has 18 heavy (non-hydrogen) atoms. The molecule has 0 radical (unpaired) electrons. The van der Waals surface area contributed by atoms with Gasteiger partial charge < -0.3 is 10.5 Å². The van der Waals surface area contributed by atoms with Gasteiger partial charge in [-0.15, -0.1) is 0 Å². The van der Waals surface area contributed by atoms with Gasteiger partial charge in [0.2, 0.25) is 0 Å². The fraction of sp³-hybridized carbons (Fsp3) is 0.533. The van der Waals surface area contributed by atoms with Crippen molar-refractivity contribution in [3.63, 3.8) is 0 Å². The van der Waals surface area contributed by atoms with E-state index in [4.69, 9.17) is 10.5 Å². The molecule has 0 amide bonds. The highest BCUT2D eigenvalue weighted by Crippen LogP contribution is 2.27. The van der Waals surface area contributed by atoms with E-state index < -0.39 is 0 Å². The van der Waals surface area contributed by atoms with Gasteiger partial charge in [0.05, 0.1) is 6.10 Å². The molecule has 1 unspecified atom stereocenters. The van der Waals surface area contributed by atoms with Gasteiger partial charge in [-0.05, 0) is 31.4 Å². The Labute approximate surface area is 108 Å². The van der Waals surface area contributed by atoms with E-state index in [-0.39, 0.29) is 11.7 Å². The van der Waals surface area contributed by atoms with Crippen LogP contribution in [-0.4, -0.2) is 18.4 Å². The van der Waals surface area contributed by atoms with E-state index in [1.807, 2.05) is 24.3 Å². The molecule has 1 aliphatic carbocycles. The molecular weight excluding hydrogens is 226 g/mol. The molecule has 3 nitrogen and oxygen atoms in total. The van der Waals surface area contributed by atoms with Crippen molar-refractivity contribution in [2.75, 3.05) is 6.54 Å². The Morgan fingerprint density at radius 1 is 1.50 bits per heavy atom. The predicted molar refractivity (Wildman–Crippen MR) is 71.9 cm³/mol. The lowest BCUT2D eigenvalue weighted by Gasteiger charge is -2.13. The third-order valence-electron chi connectivity index (χ3n) is 3.24. The standard InChI is InChI=1S/C15H21NO2/c1-2-4-12(10-16)15(17)11-5-3-6-14(9-11)18-13-7-8-13/h3,5-6,9,12-13H,2,4,7-8,10,16H2,1H3. The Kier molecular flexibility index (Phi) is 4.37. The topological polar surface area (TPSA) is 52.3 Å². The SMILES string of the molecule is CCCC(CN)C(=O)c1cccc(OC2CC2)c1. The smallest absolute Gasteiger partial charge is 0.167 e. The molecule has 2 N–H and O–H groups in total. The number of hydrogen-bond acceptors (Lipinski definition) is 3. The van der Waals surface area contributed by atoms with Gasteiger partial charge in [0.15, 0.2) is 5.78 Å². The first kappa shape index (κ1) is 13.1. The van der Waals surface area contributed by atoms with Crippen LogP contribution in [0.2, 0.25) is 0 Å². The monoisotopic (exact) mass is 247 g/mol. The number of ketones is 1. The summed E-state index contributed by atoms with van der Waals surface area (Å²) in [6, 6.07) is 7.48. The van der Waals surface area contributed by atoms with E-state index in [9.17, 15) is 4.79 Å². The first-order valence-electron chi connectivity index (χ1n) is 6.75. The van der Waals surface area contributed by atoms with Crippen molar-refractivity contribution >= 4 is 5.78 Å². The minimum Gasteiger partial charge on any atom is -0.490 e. The number of nitrogens with two attached hydrogens (primary N) is 1. The second kappa shape index (κ2) is 6.01. The van der Waals surface area contributed by atoms with Crippen LogP contribution < -0.4 is 10.5 Å². The van der Waals surface area contributed by atoms with Crippen LogP contribution in [0.4, 0.5) is 0 Å². The normalized spacial score (nSPS) is 16.3. The van der Waals surface area contributed by atoms with Crippen molar-refractivity contribution in [1.82, 2.24) is 0 Å². The Morgan fingerprint density at radius 2 is 2.28 bits per heavy atom. The molecule has 0 bridgehead atoms. The maximum atomic E-state index is 12.3. The van der Waals surface area contributed by atoms with Gasteiger partial charge in [-0.1, -0.05) is 25.5 Å². The molecule has 0 heterocycles. The van der Waals surface area contributed by atoms with Crippen LogP contribution in [0.1, 0.15) is 43.0 Å². The zero-order chi connectivity index (χ0) is 13.0. The Bertz CT molecular complexity index is 413. The largest absolute Gasteiger partial charge is 0.490 e. The molecule has 1 fully saturated rings. The Hall–Kier alpha value is -1.35.